The molecule has 0 radical (unpaired) electrons. The summed E-state index contributed by atoms with van der Waals surface area (Å²) >= 11 is 0. The Balaban J connectivity index is 2.14. The summed E-state index contributed by atoms with van der Waals surface area (Å²) in [6, 6.07) is 0. The van der Waals surface area contributed by atoms with Crippen LogP contribution in [0.1, 0.15) is 65.7 Å². The molecule has 1 rings (SSSR count). The van der Waals surface area contributed by atoms with Crippen LogP contribution in [0, 0.1) is 11.8 Å². The van der Waals surface area contributed by atoms with Gasteiger partial charge in [-0.25, -0.2) is 4.79 Å². The number of carbonyl (C=O) groups excluding carboxylic acids is 1. The van der Waals surface area contributed by atoms with E-state index in [0.29, 0.717) is 11.8 Å². The van der Waals surface area contributed by atoms with Crippen molar-refractivity contribution < 1.29 is 9.53 Å². The van der Waals surface area contributed by atoms with Gasteiger partial charge in [-0.3, -0.25) is 0 Å². The van der Waals surface area contributed by atoms with Crippen LogP contribution in [0.25, 0.3) is 0 Å². The molecule has 1 N–H and O–H groups in total. The first-order chi connectivity index (χ1) is 8.63. The summed E-state index contributed by atoms with van der Waals surface area (Å²) < 4.78 is 5.53. The smallest absolute Gasteiger partial charge is 0.407 e. The second-order valence-electron chi connectivity index (χ2n) is 5.83. The van der Waals surface area contributed by atoms with Gasteiger partial charge >= 0.3 is 6.09 Å². The molecule has 3 nitrogen and oxygen atoms in total. The summed E-state index contributed by atoms with van der Waals surface area (Å²) in [7, 11) is 0. The number of unbranched alkanes of at least 4 members (excludes halogenated alkanes) is 3. The van der Waals surface area contributed by atoms with Gasteiger partial charge in [-0.05, 0) is 31.1 Å². The summed E-state index contributed by atoms with van der Waals surface area (Å²) in [5.74, 6) is 1.19. The van der Waals surface area contributed by atoms with Gasteiger partial charge in [0.05, 0.1) is 0 Å². The summed E-state index contributed by atoms with van der Waals surface area (Å²) in [4.78, 5) is 11.7. The maximum Gasteiger partial charge on any atom is 0.407 e. The van der Waals surface area contributed by atoms with Gasteiger partial charge in [-0.2, -0.15) is 0 Å². The first-order valence-electron chi connectivity index (χ1n) is 7.58. The summed E-state index contributed by atoms with van der Waals surface area (Å²) in [5, 5.41) is 2.86. The number of ether oxygens (including phenoxy) is 1. The van der Waals surface area contributed by atoms with Crippen molar-refractivity contribution >= 4 is 6.09 Å². The van der Waals surface area contributed by atoms with Crippen molar-refractivity contribution in [2.75, 3.05) is 6.54 Å². The van der Waals surface area contributed by atoms with Crippen LogP contribution in [0.2, 0.25) is 0 Å². The molecule has 3 heteroatoms. The van der Waals surface area contributed by atoms with E-state index in [2.05, 4.69) is 26.1 Å². The van der Waals surface area contributed by atoms with Crippen molar-refractivity contribution in [1.82, 2.24) is 5.32 Å². The molecule has 1 amide bonds. The Morgan fingerprint density at radius 1 is 1.22 bits per heavy atom. The van der Waals surface area contributed by atoms with E-state index < -0.39 is 0 Å². The Labute approximate surface area is 112 Å². The molecule has 0 heterocycles. The number of nitrogens with one attached hydrogen (secondary N) is 1. The van der Waals surface area contributed by atoms with Crippen LogP contribution in [0.15, 0.2) is 0 Å². The second-order valence-corrected chi connectivity index (χ2v) is 5.83. The van der Waals surface area contributed by atoms with Crippen molar-refractivity contribution in [2.24, 2.45) is 11.8 Å². The normalized spacial score (nSPS) is 27.8. The topological polar surface area (TPSA) is 38.3 Å². The lowest BCUT2D eigenvalue weighted by atomic mass is 9.82. The fourth-order valence-corrected chi connectivity index (χ4v) is 2.57. The lowest BCUT2D eigenvalue weighted by molar-refractivity contribution is 0.0291. The van der Waals surface area contributed by atoms with E-state index in [1.165, 1.54) is 32.1 Å². The highest BCUT2D eigenvalue weighted by Crippen LogP contribution is 2.30. The molecular weight excluding hydrogens is 226 g/mol. The molecule has 0 aromatic carbocycles. The number of rotatable bonds is 6. The standard InChI is InChI=1S/C15H29NO2/c1-4-5-6-7-10-16-15(17)18-14-11-12(2)8-9-13(14)3/h12-14H,4-11H2,1-3H3,(H,16,17)/t12-,13+,14?/m0/s1. The molecule has 18 heavy (non-hydrogen) atoms. The summed E-state index contributed by atoms with van der Waals surface area (Å²) in [5.41, 5.74) is 0. The van der Waals surface area contributed by atoms with Gasteiger partial charge in [-0.1, -0.05) is 46.5 Å². The minimum atomic E-state index is -0.225. The fourth-order valence-electron chi connectivity index (χ4n) is 2.57. The Morgan fingerprint density at radius 3 is 2.72 bits per heavy atom. The molecule has 1 aliphatic carbocycles. The van der Waals surface area contributed by atoms with Crippen molar-refractivity contribution in [3.63, 3.8) is 0 Å². The fraction of sp³-hybridized carbons (Fsp3) is 0.933. The molecule has 106 valence electrons. The largest absolute Gasteiger partial charge is 0.446 e. The van der Waals surface area contributed by atoms with Gasteiger partial charge in [0, 0.05) is 6.54 Å². The first kappa shape index (κ1) is 15.3. The van der Waals surface area contributed by atoms with Gasteiger partial charge < -0.3 is 10.1 Å². The molecule has 0 aromatic rings. The Morgan fingerprint density at radius 2 is 2.00 bits per heavy atom. The zero-order chi connectivity index (χ0) is 13.4. The van der Waals surface area contributed by atoms with Gasteiger partial charge in [0.15, 0.2) is 0 Å². The molecular formula is C15H29NO2. The summed E-state index contributed by atoms with van der Waals surface area (Å²) in [6.07, 6.45) is 8.06. The highest BCUT2D eigenvalue weighted by molar-refractivity contribution is 5.67. The van der Waals surface area contributed by atoms with Crippen LogP contribution < -0.4 is 5.32 Å². The third-order valence-corrected chi connectivity index (χ3v) is 3.94. The maximum atomic E-state index is 11.7. The molecule has 1 aliphatic rings. The third-order valence-electron chi connectivity index (χ3n) is 3.94. The molecule has 0 saturated heterocycles. The molecule has 0 spiro atoms. The van der Waals surface area contributed by atoms with Crippen LogP contribution in [0.3, 0.4) is 0 Å². The monoisotopic (exact) mass is 255 g/mol. The number of hydrogen-bond donors (Lipinski definition) is 1. The number of alkyl carbamates (subject to hydrolysis) is 1. The predicted molar refractivity (Wildman–Crippen MR) is 74.6 cm³/mol. The van der Waals surface area contributed by atoms with E-state index in [1.54, 1.807) is 0 Å². The van der Waals surface area contributed by atoms with Crippen LogP contribution in [0.4, 0.5) is 4.79 Å². The molecule has 0 bridgehead atoms. The molecule has 1 saturated carbocycles. The first-order valence-corrected chi connectivity index (χ1v) is 7.58. The quantitative estimate of drug-likeness (QED) is 0.725. The minimum absolute atomic E-state index is 0.115. The molecule has 0 aromatic heterocycles. The van der Waals surface area contributed by atoms with Gasteiger partial charge in [0.25, 0.3) is 0 Å². The van der Waals surface area contributed by atoms with Crippen molar-refractivity contribution in [2.45, 2.75) is 71.8 Å². The van der Waals surface area contributed by atoms with E-state index in [4.69, 9.17) is 4.74 Å². The van der Waals surface area contributed by atoms with E-state index in [9.17, 15) is 4.79 Å². The Bertz CT molecular complexity index is 243. The second kappa shape index (κ2) is 8.39. The molecule has 1 unspecified atom stereocenters. The Hall–Kier alpha value is -0.730. The number of amides is 1. The summed E-state index contributed by atoms with van der Waals surface area (Å²) in [6.45, 7) is 7.36. The number of hydrogen-bond acceptors (Lipinski definition) is 2. The van der Waals surface area contributed by atoms with Gasteiger partial charge in [0.1, 0.15) is 6.10 Å². The van der Waals surface area contributed by atoms with Crippen molar-refractivity contribution in [3.8, 4) is 0 Å². The van der Waals surface area contributed by atoms with Crippen molar-refractivity contribution in [1.29, 1.82) is 0 Å². The van der Waals surface area contributed by atoms with Crippen LogP contribution >= 0.6 is 0 Å². The lowest BCUT2D eigenvalue weighted by Crippen LogP contribution is -2.36. The molecule has 1 fully saturated rings. The predicted octanol–water partition coefficient (Wildman–Crippen LogP) is 4.12. The zero-order valence-electron chi connectivity index (χ0n) is 12.2. The van der Waals surface area contributed by atoms with Crippen LogP contribution in [-0.4, -0.2) is 18.7 Å². The average molecular weight is 255 g/mol. The maximum absolute atomic E-state index is 11.7. The lowest BCUT2D eigenvalue weighted by Gasteiger charge is -2.32. The van der Waals surface area contributed by atoms with Crippen LogP contribution in [0.5, 0.6) is 0 Å². The van der Waals surface area contributed by atoms with E-state index >= 15 is 0 Å². The minimum Gasteiger partial charge on any atom is -0.446 e. The van der Waals surface area contributed by atoms with E-state index in [1.807, 2.05) is 0 Å². The third kappa shape index (κ3) is 5.74. The Kier molecular flexibility index (Phi) is 7.14. The van der Waals surface area contributed by atoms with Crippen molar-refractivity contribution in [3.05, 3.63) is 0 Å². The highest BCUT2D eigenvalue weighted by Gasteiger charge is 2.28. The zero-order valence-corrected chi connectivity index (χ0v) is 12.2. The van der Waals surface area contributed by atoms with Gasteiger partial charge in [-0.15, -0.1) is 0 Å². The SMILES string of the molecule is CCCCCCNC(=O)OC1C[C@@H](C)CC[C@H]1C. The van der Waals surface area contributed by atoms with Crippen LogP contribution in [-0.2, 0) is 4.74 Å². The van der Waals surface area contributed by atoms with E-state index in [-0.39, 0.29) is 12.2 Å². The molecule has 0 aliphatic heterocycles. The molecule has 3 atom stereocenters. The van der Waals surface area contributed by atoms with Gasteiger partial charge in [0.2, 0.25) is 0 Å². The average Bonchev–Trinajstić information content (AvgIpc) is 2.33. The number of carbonyl (C=O) groups is 1. The highest BCUT2D eigenvalue weighted by atomic mass is 16.6. The van der Waals surface area contributed by atoms with E-state index in [0.717, 1.165) is 19.4 Å².